The molecule has 2 aromatic rings. The second-order valence-electron chi connectivity index (χ2n) is 7.22. The number of hydrogen-bond donors (Lipinski definition) is 0. The van der Waals surface area contributed by atoms with Crippen LogP contribution in [0.5, 0.6) is 0 Å². The molecule has 0 bridgehead atoms. The van der Waals surface area contributed by atoms with Crippen LogP contribution in [0.15, 0.2) is 30.3 Å². The third kappa shape index (κ3) is 3.01. The molecule has 1 aliphatic rings. The van der Waals surface area contributed by atoms with E-state index in [0.717, 1.165) is 23.1 Å². The van der Waals surface area contributed by atoms with Crippen LogP contribution >= 0.6 is 0 Å². The van der Waals surface area contributed by atoms with Crippen molar-refractivity contribution < 1.29 is 4.79 Å². The zero-order valence-corrected chi connectivity index (χ0v) is 14.6. The molecule has 0 unspecified atom stereocenters. The molecule has 0 atom stereocenters. The molecular formula is C20H28N2O. The highest BCUT2D eigenvalue weighted by Crippen LogP contribution is 2.39. The number of hydrogen-bond acceptors (Lipinski definition) is 1. The number of para-hydroxylation sites is 1. The van der Waals surface area contributed by atoms with Gasteiger partial charge >= 0.3 is 0 Å². The molecule has 3 heteroatoms. The van der Waals surface area contributed by atoms with Crippen LogP contribution in [0.4, 0.5) is 0 Å². The van der Waals surface area contributed by atoms with E-state index in [-0.39, 0.29) is 5.91 Å². The molecule has 1 aromatic carbocycles. The highest BCUT2D eigenvalue weighted by atomic mass is 16.2. The number of aromatic nitrogens is 1. The van der Waals surface area contributed by atoms with Crippen molar-refractivity contribution in [2.75, 3.05) is 13.6 Å². The Morgan fingerprint density at radius 2 is 1.91 bits per heavy atom. The van der Waals surface area contributed by atoms with Gasteiger partial charge in [0.05, 0.1) is 0 Å². The van der Waals surface area contributed by atoms with Crippen molar-refractivity contribution in [1.29, 1.82) is 0 Å². The minimum atomic E-state index is 0.141. The Kier molecular flexibility index (Phi) is 4.47. The van der Waals surface area contributed by atoms with Crippen molar-refractivity contribution >= 4 is 16.8 Å². The topological polar surface area (TPSA) is 25.2 Å². The average Bonchev–Trinajstić information content (AvgIpc) is 2.92. The quantitative estimate of drug-likeness (QED) is 0.809. The van der Waals surface area contributed by atoms with Crippen LogP contribution in [-0.4, -0.2) is 29.0 Å². The third-order valence-corrected chi connectivity index (χ3v) is 5.75. The Hall–Kier alpha value is -1.77. The van der Waals surface area contributed by atoms with Crippen molar-refractivity contribution in [3.8, 4) is 0 Å². The fourth-order valence-corrected chi connectivity index (χ4v) is 4.19. The van der Waals surface area contributed by atoms with Gasteiger partial charge in [-0.25, -0.2) is 0 Å². The standard InChI is InChI=1S/C20H28N2O/c1-4-20(12-8-5-9-13-20)15-21(2)19(23)18-14-16-10-6-7-11-17(16)22(18)3/h6-7,10-11,14H,4-5,8-9,12-13,15H2,1-3H3. The minimum Gasteiger partial charge on any atom is -0.340 e. The maximum Gasteiger partial charge on any atom is 0.270 e. The fraction of sp³-hybridized carbons (Fsp3) is 0.550. The Morgan fingerprint density at radius 3 is 2.57 bits per heavy atom. The summed E-state index contributed by atoms with van der Waals surface area (Å²) in [6, 6.07) is 10.2. The fourth-order valence-electron chi connectivity index (χ4n) is 4.19. The summed E-state index contributed by atoms with van der Waals surface area (Å²) in [5, 5.41) is 1.13. The van der Waals surface area contributed by atoms with Crippen molar-refractivity contribution in [3.63, 3.8) is 0 Å². The molecule has 3 nitrogen and oxygen atoms in total. The van der Waals surface area contributed by atoms with Gasteiger partial charge in [-0.2, -0.15) is 0 Å². The highest BCUT2D eigenvalue weighted by molar-refractivity contribution is 5.98. The minimum absolute atomic E-state index is 0.141. The molecule has 1 saturated carbocycles. The molecule has 3 rings (SSSR count). The Labute approximate surface area is 139 Å². The van der Waals surface area contributed by atoms with E-state index < -0.39 is 0 Å². The first-order chi connectivity index (χ1) is 11.1. The van der Waals surface area contributed by atoms with Gasteiger partial charge in [-0.3, -0.25) is 4.79 Å². The first kappa shape index (κ1) is 16.1. The molecule has 23 heavy (non-hydrogen) atoms. The number of nitrogens with zero attached hydrogens (tertiary/aromatic N) is 2. The number of fused-ring (bicyclic) bond motifs is 1. The summed E-state index contributed by atoms with van der Waals surface area (Å²) in [5.74, 6) is 0.141. The van der Waals surface area contributed by atoms with Crippen LogP contribution in [0, 0.1) is 5.41 Å². The maximum absolute atomic E-state index is 13.0. The van der Waals surface area contributed by atoms with Gasteiger partial charge in [0.25, 0.3) is 5.91 Å². The number of benzene rings is 1. The van der Waals surface area contributed by atoms with E-state index in [1.807, 2.05) is 41.8 Å². The largest absolute Gasteiger partial charge is 0.340 e. The van der Waals surface area contributed by atoms with Crippen LogP contribution < -0.4 is 0 Å². The lowest BCUT2D eigenvalue weighted by molar-refractivity contribution is 0.0632. The first-order valence-corrected chi connectivity index (χ1v) is 8.86. The van der Waals surface area contributed by atoms with Crippen LogP contribution in [0.2, 0.25) is 0 Å². The highest BCUT2D eigenvalue weighted by Gasteiger charge is 2.33. The molecule has 1 aromatic heterocycles. The normalized spacial score (nSPS) is 17.3. The summed E-state index contributed by atoms with van der Waals surface area (Å²) in [7, 11) is 3.95. The number of carbonyl (C=O) groups is 1. The second kappa shape index (κ2) is 6.38. The van der Waals surface area contributed by atoms with Crippen molar-refractivity contribution in [2.45, 2.75) is 45.4 Å². The van der Waals surface area contributed by atoms with Crippen LogP contribution in [-0.2, 0) is 7.05 Å². The van der Waals surface area contributed by atoms with Gasteiger partial charge in [0.1, 0.15) is 5.69 Å². The summed E-state index contributed by atoms with van der Waals surface area (Å²) in [6.45, 7) is 3.16. The molecule has 1 fully saturated rings. The van der Waals surface area contributed by atoms with Gasteiger partial charge in [0.2, 0.25) is 0 Å². The SMILES string of the molecule is CCC1(CN(C)C(=O)c2cc3ccccc3n2C)CCCCC1. The smallest absolute Gasteiger partial charge is 0.270 e. The molecule has 0 aliphatic heterocycles. The molecular weight excluding hydrogens is 284 g/mol. The summed E-state index contributed by atoms with van der Waals surface area (Å²) in [4.78, 5) is 14.9. The number of amides is 1. The second-order valence-corrected chi connectivity index (χ2v) is 7.22. The van der Waals surface area contributed by atoms with E-state index in [1.54, 1.807) is 0 Å². The van der Waals surface area contributed by atoms with E-state index >= 15 is 0 Å². The van der Waals surface area contributed by atoms with E-state index in [1.165, 1.54) is 38.5 Å². The van der Waals surface area contributed by atoms with Gasteiger partial charge in [-0.15, -0.1) is 0 Å². The lowest BCUT2D eigenvalue weighted by atomic mass is 9.72. The molecule has 0 radical (unpaired) electrons. The molecule has 0 N–H and O–H groups in total. The maximum atomic E-state index is 13.0. The Bertz CT molecular complexity index is 695. The molecule has 1 heterocycles. The molecule has 0 saturated heterocycles. The average molecular weight is 312 g/mol. The molecule has 1 amide bonds. The molecule has 0 spiro atoms. The third-order valence-electron chi connectivity index (χ3n) is 5.75. The lowest BCUT2D eigenvalue weighted by Crippen LogP contribution is -2.40. The van der Waals surface area contributed by atoms with E-state index in [4.69, 9.17) is 0 Å². The van der Waals surface area contributed by atoms with Crippen molar-refractivity contribution in [2.24, 2.45) is 12.5 Å². The Balaban J connectivity index is 1.82. The number of carbonyl (C=O) groups excluding carboxylic acids is 1. The van der Waals surface area contributed by atoms with Crippen LogP contribution in [0.25, 0.3) is 10.9 Å². The summed E-state index contributed by atoms with van der Waals surface area (Å²) in [6.07, 6.45) is 7.66. The zero-order chi connectivity index (χ0) is 16.4. The summed E-state index contributed by atoms with van der Waals surface area (Å²) in [5.41, 5.74) is 2.23. The van der Waals surface area contributed by atoms with Gasteiger partial charge in [0, 0.05) is 31.5 Å². The van der Waals surface area contributed by atoms with E-state index in [9.17, 15) is 4.79 Å². The van der Waals surface area contributed by atoms with Gasteiger partial charge in [-0.1, -0.05) is 44.4 Å². The Morgan fingerprint density at radius 1 is 1.22 bits per heavy atom. The predicted molar refractivity (Wildman–Crippen MR) is 95.7 cm³/mol. The number of aryl methyl sites for hydroxylation is 1. The predicted octanol–water partition coefficient (Wildman–Crippen LogP) is 4.61. The summed E-state index contributed by atoms with van der Waals surface area (Å²) >= 11 is 0. The first-order valence-electron chi connectivity index (χ1n) is 8.86. The van der Waals surface area contributed by atoms with Gasteiger partial charge in [0.15, 0.2) is 0 Å². The van der Waals surface area contributed by atoms with Gasteiger partial charge in [-0.05, 0) is 36.8 Å². The van der Waals surface area contributed by atoms with Crippen LogP contribution in [0.1, 0.15) is 55.9 Å². The van der Waals surface area contributed by atoms with E-state index in [2.05, 4.69) is 19.1 Å². The van der Waals surface area contributed by atoms with Crippen molar-refractivity contribution in [3.05, 3.63) is 36.0 Å². The molecule has 1 aliphatic carbocycles. The monoisotopic (exact) mass is 312 g/mol. The zero-order valence-electron chi connectivity index (χ0n) is 14.6. The van der Waals surface area contributed by atoms with E-state index in [0.29, 0.717) is 5.41 Å². The summed E-state index contributed by atoms with van der Waals surface area (Å²) < 4.78 is 2.02. The van der Waals surface area contributed by atoms with Gasteiger partial charge < -0.3 is 9.47 Å². The van der Waals surface area contributed by atoms with Crippen molar-refractivity contribution in [1.82, 2.24) is 9.47 Å². The number of rotatable bonds is 4. The molecule has 124 valence electrons. The lowest BCUT2D eigenvalue weighted by Gasteiger charge is -2.39. The van der Waals surface area contributed by atoms with Crippen LogP contribution in [0.3, 0.4) is 0 Å².